The predicted octanol–water partition coefficient (Wildman–Crippen LogP) is 6.49. The van der Waals surface area contributed by atoms with Crippen molar-refractivity contribution in [1.82, 2.24) is 14.3 Å². The van der Waals surface area contributed by atoms with Gasteiger partial charge in [0.2, 0.25) is 10.0 Å². The van der Waals surface area contributed by atoms with Gasteiger partial charge in [-0.2, -0.15) is 4.31 Å². The van der Waals surface area contributed by atoms with Crippen molar-refractivity contribution in [3.8, 4) is 0 Å². The number of rotatable bonds is 10. The molecular weight excluding hydrogens is 540 g/mol. The topological polar surface area (TPSA) is 83.5 Å². The van der Waals surface area contributed by atoms with Crippen LogP contribution in [0.3, 0.4) is 0 Å². The van der Waals surface area contributed by atoms with Crippen molar-refractivity contribution in [2.75, 3.05) is 18.0 Å². The van der Waals surface area contributed by atoms with E-state index in [0.717, 1.165) is 10.2 Å². The van der Waals surface area contributed by atoms with E-state index in [1.54, 1.807) is 29.3 Å². The fraction of sp³-hybridized carbons (Fsp3) is 0.321. The number of nitrogens with zero attached hydrogens (tertiary/aromatic N) is 4. The molecule has 10 heteroatoms. The van der Waals surface area contributed by atoms with Crippen LogP contribution in [0.15, 0.2) is 71.8 Å². The zero-order valence-corrected chi connectivity index (χ0v) is 24.2. The van der Waals surface area contributed by atoms with Crippen molar-refractivity contribution < 1.29 is 13.2 Å². The molecule has 0 aliphatic rings. The molecule has 0 saturated heterocycles. The summed E-state index contributed by atoms with van der Waals surface area (Å²) < 4.78 is 29.2. The second-order valence-electron chi connectivity index (χ2n) is 9.95. The van der Waals surface area contributed by atoms with Gasteiger partial charge in [-0.1, -0.05) is 56.7 Å². The molecule has 38 heavy (non-hydrogen) atoms. The van der Waals surface area contributed by atoms with E-state index < -0.39 is 10.0 Å². The molecule has 2 aromatic heterocycles. The number of pyridine rings is 1. The molecule has 0 spiro atoms. The summed E-state index contributed by atoms with van der Waals surface area (Å²) in [7, 11) is -3.70. The van der Waals surface area contributed by atoms with Crippen molar-refractivity contribution >= 4 is 54.2 Å². The van der Waals surface area contributed by atoms with E-state index in [2.05, 4.69) is 9.97 Å². The molecule has 2 aromatic carbocycles. The van der Waals surface area contributed by atoms with Gasteiger partial charge in [-0.15, -0.1) is 0 Å². The maximum Gasteiger partial charge on any atom is 0.260 e. The molecule has 0 fully saturated rings. The maximum absolute atomic E-state index is 13.8. The quantitative estimate of drug-likeness (QED) is 0.217. The normalized spacial score (nSPS) is 12.1. The van der Waals surface area contributed by atoms with Gasteiger partial charge < -0.3 is 0 Å². The summed E-state index contributed by atoms with van der Waals surface area (Å²) in [6.07, 6.45) is 1.68. The Balaban J connectivity index is 1.67. The lowest BCUT2D eigenvalue weighted by molar-refractivity contribution is 0.0984. The van der Waals surface area contributed by atoms with Gasteiger partial charge in [-0.3, -0.25) is 14.7 Å². The number of hydrogen-bond donors (Lipinski definition) is 0. The Morgan fingerprint density at radius 3 is 2.26 bits per heavy atom. The second-order valence-corrected chi connectivity index (χ2v) is 13.3. The number of benzene rings is 2. The fourth-order valence-corrected chi connectivity index (χ4v) is 7.05. The van der Waals surface area contributed by atoms with Gasteiger partial charge in [0.05, 0.1) is 27.4 Å². The van der Waals surface area contributed by atoms with Gasteiger partial charge in [-0.25, -0.2) is 13.4 Å². The molecule has 0 atom stereocenters. The van der Waals surface area contributed by atoms with E-state index in [1.807, 2.05) is 58.0 Å². The van der Waals surface area contributed by atoms with Crippen molar-refractivity contribution in [3.05, 3.63) is 83.1 Å². The summed E-state index contributed by atoms with van der Waals surface area (Å²) in [6.45, 7) is 9.06. The van der Waals surface area contributed by atoms with Crippen LogP contribution >= 0.6 is 22.9 Å². The summed E-state index contributed by atoms with van der Waals surface area (Å²) in [6, 6.07) is 17.1. The van der Waals surface area contributed by atoms with Crippen molar-refractivity contribution in [3.63, 3.8) is 0 Å². The first-order chi connectivity index (χ1) is 18.0. The van der Waals surface area contributed by atoms with Crippen LogP contribution in [-0.4, -0.2) is 41.7 Å². The summed E-state index contributed by atoms with van der Waals surface area (Å²) in [5, 5.41) is 1.10. The standard InChI is InChI=1S/C28H31ClN4O3S2/c1-19(2)16-32(17-20(3)4)38(35,36)24-11-8-21(9-12-24)27(34)33(18-23-7-5-6-14-30-23)28-31-25-13-10-22(29)15-26(25)37-28/h5-15,19-20H,16-18H2,1-4H3. The highest BCUT2D eigenvalue weighted by Gasteiger charge is 2.27. The number of fused-ring (bicyclic) bond motifs is 1. The third kappa shape index (κ3) is 6.58. The lowest BCUT2D eigenvalue weighted by Gasteiger charge is -2.26. The smallest absolute Gasteiger partial charge is 0.260 e. The summed E-state index contributed by atoms with van der Waals surface area (Å²) in [5.74, 6) is 0.0763. The van der Waals surface area contributed by atoms with Gasteiger partial charge >= 0.3 is 0 Å². The molecule has 7 nitrogen and oxygen atoms in total. The molecule has 0 N–H and O–H groups in total. The molecule has 4 aromatic rings. The molecule has 0 unspecified atom stereocenters. The van der Waals surface area contributed by atoms with E-state index >= 15 is 0 Å². The van der Waals surface area contributed by atoms with Crippen LogP contribution in [-0.2, 0) is 16.6 Å². The number of aromatic nitrogens is 2. The number of halogens is 1. The first kappa shape index (κ1) is 28.2. The van der Waals surface area contributed by atoms with Crippen molar-refractivity contribution in [2.45, 2.75) is 39.1 Å². The molecule has 0 radical (unpaired) electrons. The highest BCUT2D eigenvalue weighted by molar-refractivity contribution is 7.89. The molecule has 1 amide bonds. The minimum Gasteiger partial charge on any atom is -0.278 e. The molecule has 4 rings (SSSR count). The van der Waals surface area contributed by atoms with Gasteiger partial charge in [-0.05, 0) is 66.4 Å². The number of anilines is 1. The summed E-state index contributed by atoms with van der Waals surface area (Å²) in [4.78, 5) is 24.5. The third-order valence-corrected chi connectivity index (χ3v) is 8.86. The van der Waals surface area contributed by atoms with Crippen molar-refractivity contribution in [2.24, 2.45) is 11.8 Å². The lowest BCUT2D eigenvalue weighted by Crippen LogP contribution is -2.37. The number of sulfonamides is 1. The fourth-order valence-electron chi connectivity index (χ4n) is 4.04. The number of hydrogen-bond acceptors (Lipinski definition) is 6. The number of thiazole rings is 1. The third-order valence-electron chi connectivity index (χ3n) is 5.74. The zero-order chi connectivity index (χ0) is 27.4. The Hall–Kier alpha value is -2.85. The average Bonchev–Trinajstić information content (AvgIpc) is 3.29. The Bertz CT molecular complexity index is 1490. The van der Waals surface area contributed by atoms with Crippen LogP contribution in [0.5, 0.6) is 0 Å². The highest BCUT2D eigenvalue weighted by Crippen LogP contribution is 2.32. The average molecular weight is 571 g/mol. The molecule has 0 aliphatic carbocycles. The van der Waals surface area contributed by atoms with E-state index in [1.165, 1.54) is 27.8 Å². The van der Waals surface area contributed by atoms with Gasteiger partial charge in [0.1, 0.15) is 0 Å². The Labute approximate surface area is 233 Å². The number of carbonyl (C=O) groups is 1. The lowest BCUT2D eigenvalue weighted by atomic mass is 10.2. The minimum absolute atomic E-state index is 0.168. The van der Waals surface area contributed by atoms with Crippen LogP contribution in [0.1, 0.15) is 43.7 Å². The first-order valence-electron chi connectivity index (χ1n) is 12.4. The number of amides is 1. The molecule has 0 saturated carbocycles. The van der Waals surface area contributed by atoms with E-state index in [4.69, 9.17) is 11.6 Å². The van der Waals surface area contributed by atoms with Gasteiger partial charge in [0, 0.05) is 29.9 Å². The SMILES string of the molecule is CC(C)CN(CC(C)C)S(=O)(=O)c1ccc(C(=O)N(Cc2ccccn2)c2nc3ccc(Cl)cc3s2)cc1. The van der Waals surface area contributed by atoms with E-state index in [-0.39, 0.29) is 29.2 Å². The van der Waals surface area contributed by atoms with Gasteiger partial charge in [0.15, 0.2) is 5.13 Å². The molecule has 0 bridgehead atoms. The maximum atomic E-state index is 13.8. The second kappa shape index (κ2) is 11.9. The zero-order valence-electron chi connectivity index (χ0n) is 21.8. The van der Waals surface area contributed by atoms with Crippen molar-refractivity contribution in [1.29, 1.82) is 0 Å². The van der Waals surface area contributed by atoms with E-state index in [0.29, 0.717) is 34.5 Å². The van der Waals surface area contributed by atoms with Crippen LogP contribution in [0.2, 0.25) is 5.02 Å². The monoisotopic (exact) mass is 570 g/mol. The number of carbonyl (C=O) groups excluding carboxylic acids is 1. The molecule has 0 aliphatic heterocycles. The van der Waals surface area contributed by atoms with Crippen LogP contribution in [0, 0.1) is 11.8 Å². The Morgan fingerprint density at radius 2 is 1.66 bits per heavy atom. The minimum atomic E-state index is -3.70. The Morgan fingerprint density at radius 1 is 0.974 bits per heavy atom. The summed E-state index contributed by atoms with van der Waals surface area (Å²) in [5.41, 5.74) is 1.80. The summed E-state index contributed by atoms with van der Waals surface area (Å²) >= 11 is 7.52. The van der Waals surface area contributed by atoms with Crippen LogP contribution in [0.25, 0.3) is 10.2 Å². The molecule has 2 heterocycles. The van der Waals surface area contributed by atoms with Gasteiger partial charge in [0.25, 0.3) is 5.91 Å². The largest absolute Gasteiger partial charge is 0.278 e. The molecular formula is C28H31ClN4O3S2. The highest BCUT2D eigenvalue weighted by atomic mass is 35.5. The van der Waals surface area contributed by atoms with E-state index in [9.17, 15) is 13.2 Å². The van der Waals surface area contributed by atoms with Crippen LogP contribution < -0.4 is 4.90 Å². The predicted molar refractivity (Wildman–Crippen MR) is 154 cm³/mol. The Kier molecular flexibility index (Phi) is 8.82. The van der Waals surface area contributed by atoms with Crippen LogP contribution in [0.4, 0.5) is 5.13 Å². The first-order valence-corrected chi connectivity index (χ1v) is 15.1. The molecule has 200 valence electrons.